The van der Waals surface area contributed by atoms with Gasteiger partial charge in [-0.1, -0.05) is 18.4 Å². The molecule has 0 aliphatic heterocycles. The average molecular weight is 212 g/mol. The standard InChI is InChI=1S/C8H16N6O/c1-3-4-6(5-9)7(15)10-8-11-13-14(2)12-8/h6H,3-5,9H2,1-2H3,(H,10,12,15). The van der Waals surface area contributed by atoms with E-state index in [4.69, 9.17) is 5.73 Å². The molecule has 1 aromatic rings. The predicted molar refractivity (Wildman–Crippen MR) is 54.9 cm³/mol. The van der Waals surface area contributed by atoms with E-state index >= 15 is 0 Å². The Kier molecular flexibility index (Phi) is 4.17. The quantitative estimate of drug-likeness (QED) is 0.687. The molecule has 15 heavy (non-hydrogen) atoms. The van der Waals surface area contributed by atoms with Crippen molar-refractivity contribution >= 4 is 11.9 Å². The van der Waals surface area contributed by atoms with Crippen molar-refractivity contribution in [2.45, 2.75) is 19.8 Å². The van der Waals surface area contributed by atoms with E-state index in [0.717, 1.165) is 12.8 Å². The lowest BCUT2D eigenvalue weighted by Gasteiger charge is -2.11. The van der Waals surface area contributed by atoms with Gasteiger partial charge in [0.25, 0.3) is 5.95 Å². The number of rotatable bonds is 5. The van der Waals surface area contributed by atoms with Crippen molar-refractivity contribution in [1.29, 1.82) is 0 Å². The molecule has 0 saturated carbocycles. The van der Waals surface area contributed by atoms with Gasteiger partial charge in [0.05, 0.1) is 13.0 Å². The summed E-state index contributed by atoms with van der Waals surface area (Å²) in [5.74, 6) is -0.108. The summed E-state index contributed by atoms with van der Waals surface area (Å²) < 4.78 is 0. The molecule has 84 valence electrons. The van der Waals surface area contributed by atoms with Gasteiger partial charge in [0.15, 0.2) is 0 Å². The molecule has 0 aliphatic rings. The molecule has 0 fully saturated rings. The Bertz CT molecular complexity index is 323. The number of tetrazole rings is 1. The zero-order valence-corrected chi connectivity index (χ0v) is 8.97. The minimum absolute atomic E-state index is 0.146. The summed E-state index contributed by atoms with van der Waals surface area (Å²) >= 11 is 0. The minimum Gasteiger partial charge on any atom is -0.330 e. The summed E-state index contributed by atoms with van der Waals surface area (Å²) in [5.41, 5.74) is 5.50. The summed E-state index contributed by atoms with van der Waals surface area (Å²) in [5, 5.41) is 13.7. The van der Waals surface area contributed by atoms with Gasteiger partial charge in [-0.15, -0.1) is 5.10 Å². The second-order valence-corrected chi connectivity index (χ2v) is 3.31. The van der Waals surface area contributed by atoms with Crippen LogP contribution < -0.4 is 11.1 Å². The maximum Gasteiger partial charge on any atom is 0.270 e. The fourth-order valence-electron chi connectivity index (χ4n) is 1.25. The van der Waals surface area contributed by atoms with Gasteiger partial charge in [0, 0.05) is 6.54 Å². The molecule has 1 amide bonds. The first-order chi connectivity index (χ1) is 7.17. The highest BCUT2D eigenvalue weighted by Crippen LogP contribution is 2.07. The molecule has 0 saturated heterocycles. The van der Waals surface area contributed by atoms with E-state index in [0.29, 0.717) is 6.54 Å². The van der Waals surface area contributed by atoms with E-state index in [9.17, 15) is 4.79 Å². The van der Waals surface area contributed by atoms with Crippen molar-refractivity contribution in [3.8, 4) is 0 Å². The molecular weight excluding hydrogens is 196 g/mol. The fraction of sp³-hybridized carbons (Fsp3) is 0.750. The Morgan fingerprint density at radius 2 is 2.40 bits per heavy atom. The van der Waals surface area contributed by atoms with Crippen LogP contribution in [0.2, 0.25) is 0 Å². The molecule has 1 heterocycles. The third kappa shape index (κ3) is 3.28. The first kappa shape index (κ1) is 11.6. The van der Waals surface area contributed by atoms with E-state index < -0.39 is 0 Å². The highest BCUT2D eigenvalue weighted by Gasteiger charge is 2.17. The number of nitrogens with zero attached hydrogens (tertiary/aromatic N) is 4. The molecule has 1 unspecified atom stereocenters. The lowest BCUT2D eigenvalue weighted by Crippen LogP contribution is -2.29. The molecule has 1 aromatic heterocycles. The fourth-order valence-corrected chi connectivity index (χ4v) is 1.25. The minimum atomic E-state index is -0.182. The van der Waals surface area contributed by atoms with E-state index in [-0.39, 0.29) is 17.8 Å². The second-order valence-electron chi connectivity index (χ2n) is 3.31. The average Bonchev–Trinajstić information content (AvgIpc) is 2.60. The van der Waals surface area contributed by atoms with Crippen molar-refractivity contribution in [2.75, 3.05) is 11.9 Å². The normalized spacial score (nSPS) is 12.5. The highest BCUT2D eigenvalue weighted by molar-refractivity contribution is 5.90. The number of nitrogens with two attached hydrogens (primary N) is 1. The van der Waals surface area contributed by atoms with E-state index in [1.165, 1.54) is 4.80 Å². The third-order valence-electron chi connectivity index (χ3n) is 2.04. The topological polar surface area (TPSA) is 98.7 Å². The zero-order valence-electron chi connectivity index (χ0n) is 8.97. The second kappa shape index (κ2) is 5.40. The van der Waals surface area contributed by atoms with Gasteiger partial charge in [-0.2, -0.15) is 4.80 Å². The summed E-state index contributed by atoms with van der Waals surface area (Å²) in [6, 6.07) is 0. The van der Waals surface area contributed by atoms with Gasteiger partial charge >= 0.3 is 0 Å². The number of nitrogens with one attached hydrogen (secondary N) is 1. The largest absolute Gasteiger partial charge is 0.330 e. The van der Waals surface area contributed by atoms with Crippen LogP contribution in [0.1, 0.15) is 19.8 Å². The van der Waals surface area contributed by atoms with Gasteiger partial charge in [0.2, 0.25) is 5.91 Å². The smallest absolute Gasteiger partial charge is 0.270 e. The molecule has 0 aromatic carbocycles. The summed E-state index contributed by atoms with van der Waals surface area (Å²) in [4.78, 5) is 12.9. The van der Waals surface area contributed by atoms with Crippen molar-refractivity contribution in [2.24, 2.45) is 18.7 Å². The van der Waals surface area contributed by atoms with Gasteiger partial charge in [0.1, 0.15) is 0 Å². The first-order valence-electron chi connectivity index (χ1n) is 4.92. The molecular formula is C8H16N6O. The van der Waals surface area contributed by atoms with Gasteiger partial charge < -0.3 is 5.73 Å². The van der Waals surface area contributed by atoms with Crippen LogP contribution >= 0.6 is 0 Å². The third-order valence-corrected chi connectivity index (χ3v) is 2.04. The number of aromatic nitrogens is 4. The van der Waals surface area contributed by atoms with Crippen LogP contribution in [0.3, 0.4) is 0 Å². The van der Waals surface area contributed by atoms with Gasteiger partial charge in [-0.25, -0.2) is 0 Å². The number of anilines is 1. The molecule has 0 aliphatic carbocycles. The maximum atomic E-state index is 11.6. The van der Waals surface area contributed by atoms with E-state index in [1.807, 2.05) is 6.92 Å². The molecule has 0 radical (unpaired) electrons. The van der Waals surface area contributed by atoms with E-state index in [2.05, 4.69) is 20.7 Å². The molecule has 3 N–H and O–H groups in total. The predicted octanol–water partition coefficient (Wildman–Crippen LogP) is -0.476. The summed E-state index contributed by atoms with van der Waals surface area (Å²) in [7, 11) is 1.63. The zero-order chi connectivity index (χ0) is 11.3. The van der Waals surface area contributed by atoms with Crippen molar-refractivity contribution in [1.82, 2.24) is 20.2 Å². The SMILES string of the molecule is CCCC(CN)C(=O)Nc1nnn(C)n1. The monoisotopic (exact) mass is 212 g/mol. The van der Waals surface area contributed by atoms with Crippen LogP contribution in [0.5, 0.6) is 0 Å². The highest BCUT2D eigenvalue weighted by atomic mass is 16.2. The molecule has 7 nitrogen and oxygen atoms in total. The maximum absolute atomic E-state index is 11.6. The van der Waals surface area contributed by atoms with Crippen molar-refractivity contribution in [3.05, 3.63) is 0 Å². The van der Waals surface area contributed by atoms with Crippen LogP contribution in [0, 0.1) is 5.92 Å². The Balaban J connectivity index is 2.53. The number of hydrogen-bond acceptors (Lipinski definition) is 5. The number of hydrogen-bond donors (Lipinski definition) is 2. The van der Waals surface area contributed by atoms with Gasteiger partial charge in [-0.05, 0) is 11.6 Å². The molecule has 0 bridgehead atoms. The Morgan fingerprint density at radius 1 is 1.67 bits per heavy atom. The molecule has 7 heteroatoms. The number of amides is 1. The number of carbonyl (C=O) groups excluding carboxylic acids is 1. The van der Waals surface area contributed by atoms with Crippen molar-refractivity contribution < 1.29 is 4.79 Å². The Morgan fingerprint density at radius 3 is 2.87 bits per heavy atom. The molecule has 1 atom stereocenters. The van der Waals surface area contributed by atoms with Crippen LogP contribution in [-0.2, 0) is 11.8 Å². The molecule has 0 spiro atoms. The van der Waals surface area contributed by atoms with Crippen LogP contribution in [0.25, 0.3) is 0 Å². The van der Waals surface area contributed by atoms with Crippen LogP contribution in [-0.4, -0.2) is 32.7 Å². The first-order valence-corrected chi connectivity index (χ1v) is 4.92. The van der Waals surface area contributed by atoms with Crippen LogP contribution in [0.15, 0.2) is 0 Å². The van der Waals surface area contributed by atoms with Crippen LogP contribution in [0.4, 0.5) is 5.95 Å². The summed E-state index contributed by atoms with van der Waals surface area (Å²) in [6.07, 6.45) is 1.69. The lowest BCUT2D eigenvalue weighted by molar-refractivity contribution is -0.119. The Labute approximate surface area is 88.0 Å². The number of aryl methyl sites for hydroxylation is 1. The van der Waals surface area contributed by atoms with Gasteiger partial charge in [-0.3, -0.25) is 10.1 Å². The number of carbonyl (C=O) groups is 1. The summed E-state index contributed by atoms with van der Waals surface area (Å²) in [6.45, 7) is 2.34. The Hall–Kier alpha value is -1.50. The molecule has 1 rings (SSSR count). The van der Waals surface area contributed by atoms with Crippen molar-refractivity contribution in [3.63, 3.8) is 0 Å². The van der Waals surface area contributed by atoms with E-state index in [1.54, 1.807) is 7.05 Å². The lowest BCUT2D eigenvalue weighted by atomic mass is 10.0.